The second-order valence-corrected chi connectivity index (χ2v) is 6.10. The van der Waals surface area contributed by atoms with E-state index in [0.29, 0.717) is 21.7 Å². The Morgan fingerprint density at radius 1 is 1.42 bits per heavy atom. The number of aliphatic hydroxyl groups excluding tert-OH is 1. The third kappa shape index (κ3) is 2.39. The molecular weight excluding hydrogens is 334 g/mol. The third-order valence-electron chi connectivity index (χ3n) is 3.95. The van der Waals surface area contributed by atoms with Gasteiger partial charge in [-0.2, -0.15) is 0 Å². The Hall–Kier alpha value is -2.61. The van der Waals surface area contributed by atoms with E-state index >= 15 is 0 Å². The quantitative estimate of drug-likeness (QED) is 0.550. The molecule has 1 aliphatic heterocycles. The molecule has 0 aliphatic carbocycles. The first-order valence-corrected chi connectivity index (χ1v) is 7.57. The van der Waals surface area contributed by atoms with E-state index in [1.54, 1.807) is 30.3 Å². The number of quaternary nitrogens is 1. The lowest BCUT2D eigenvalue weighted by Gasteiger charge is -2.37. The van der Waals surface area contributed by atoms with E-state index in [1.165, 1.54) is 6.26 Å². The minimum atomic E-state index is -1.14. The fourth-order valence-corrected chi connectivity index (χ4v) is 3.06. The van der Waals surface area contributed by atoms with Crippen LogP contribution >= 0.6 is 11.6 Å². The molecule has 1 atom stereocenters. The highest BCUT2D eigenvalue weighted by molar-refractivity contribution is 6.31. The van der Waals surface area contributed by atoms with Gasteiger partial charge in [-0.3, -0.25) is 4.79 Å². The second kappa shape index (κ2) is 5.20. The van der Waals surface area contributed by atoms with Gasteiger partial charge < -0.3 is 19.7 Å². The van der Waals surface area contributed by atoms with Gasteiger partial charge in [0, 0.05) is 10.4 Å². The van der Waals surface area contributed by atoms with Crippen LogP contribution in [0.5, 0.6) is 0 Å². The SMILES string of the molecule is O=c1c2c([nH]c3cc(Cl)ccc13)C(O)=N[N+]([O-])(Cc1ccco1)C2. The number of rotatable bonds is 2. The summed E-state index contributed by atoms with van der Waals surface area (Å²) in [5.41, 5.74) is 0.497. The van der Waals surface area contributed by atoms with E-state index < -0.39 is 10.7 Å². The summed E-state index contributed by atoms with van der Waals surface area (Å²) in [6, 6.07) is 8.08. The highest BCUT2D eigenvalue weighted by Crippen LogP contribution is 2.26. The van der Waals surface area contributed by atoms with E-state index in [1.807, 2.05) is 0 Å². The Labute approximate surface area is 140 Å². The summed E-state index contributed by atoms with van der Waals surface area (Å²) in [5.74, 6) is -0.0780. The summed E-state index contributed by atoms with van der Waals surface area (Å²) < 4.78 is 4.03. The highest BCUT2D eigenvalue weighted by Gasteiger charge is 2.32. The number of aliphatic hydroxyl groups is 1. The Morgan fingerprint density at radius 3 is 3.00 bits per heavy atom. The van der Waals surface area contributed by atoms with Crippen LogP contribution in [0.3, 0.4) is 0 Å². The maximum atomic E-state index is 12.9. The normalized spacial score (nSPS) is 20.0. The lowest BCUT2D eigenvalue weighted by molar-refractivity contribution is -0.916. The molecule has 2 N–H and O–H groups in total. The number of fused-ring (bicyclic) bond motifs is 2. The third-order valence-corrected chi connectivity index (χ3v) is 4.19. The Balaban J connectivity index is 1.86. The van der Waals surface area contributed by atoms with Crippen molar-refractivity contribution in [1.82, 2.24) is 4.98 Å². The number of aromatic amines is 1. The standard InChI is InChI=1S/C16H12ClN3O4/c17-9-3-4-11-13(6-9)18-14-12(15(11)21)8-20(23,19-16(14)22)7-10-2-1-5-24-10/h1-6H,7-8H2,(H,18,21)(H,19,22). The van der Waals surface area contributed by atoms with Gasteiger partial charge in [0.25, 0.3) is 5.90 Å². The van der Waals surface area contributed by atoms with E-state index in [-0.39, 0.29) is 29.8 Å². The second-order valence-electron chi connectivity index (χ2n) is 5.66. The molecule has 4 rings (SSSR count). The fourth-order valence-electron chi connectivity index (χ4n) is 2.89. The number of hydrogen-bond donors (Lipinski definition) is 2. The van der Waals surface area contributed by atoms with E-state index in [9.17, 15) is 15.1 Å². The van der Waals surface area contributed by atoms with Crippen LogP contribution in [-0.2, 0) is 13.1 Å². The van der Waals surface area contributed by atoms with Crippen LogP contribution in [0.25, 0.3) is 10.9 Å². The lowest BCUT2D eigenvalue weighted by Crippen LogP contribution is -2.42. The van der Waals surface area contributed by atoms with E-state index in [2.05, 4.69) is 10.1 Å². The predicted molar refractivity (Wildman–Crippen MR) is 88.5 cm³/mol. The average molecular weight is 346 g/mol. The summed E-state index contributed by atoms with van der Waals surface area (Å²) in [7, 11) is 0. The van der Waals surface area contributed by atoms with Crippen molar-refractivity contribution >= 4 is 28.4 Å². The van der Waals surface area contributed by atoms with Crippen LogP contribution in [0.1, 0.15) is 17.0 Å². The molecule has 3 heterocycles. The largest absolute Gasteiger partial charge is 0.604 e. The molecule has 3 aromatic rings. The maximum absolute atomic E-state index is 12.9. The van der Waals surface area contributed by atoms with Gasteiger partial charge in [0.15, 0.2) is 17.7 Å². The molecular formula is C16H12ClN3O4. The number of H-pyrrole nitrogens is 1. The first kappa shape index (κ1) is 14.9. The Kier molecular flexibility index (Phi) is 3.24. The van der Waals surface area contributed by atoms with Crippen LogP contribution < -0.4 is 5.43 Å². The molecule has 0 saturated heterocycles. The molecule has 0 amide bonds. The van der Waals surface area contributed by atoms with Crippen LogP contribution in [-0.4, -0.2) is 20.7 Å². The molecule has 2 aromatic heterocycles. The van der Waals surface area contributed by atoms with E-state index in [4.69, 9.17) is 16.0 Å². The average Bonchev–Trinajstić information content (AvgIpc) is 3.01. The van der Waals surface area contributed by atoms with Crippen molar-refractivity contribution in [1.29, 1.82) is 0 Å². The van der Waals surface area contributed by atoms with Crippen LogP contribution in [0.2, 0.25) is 5.02 Å². The van der Waals surface area contributed by atoms with Crippen molar-refractivity contribution in [2.24, 2.45) is 5.10 Å². The Morgan fingerprint density at radius 2 is 2.25 bits per heavy atom. The van der Waals surface area contributed by atoms with Crippen molar-refractivity contribution in [2.45, 2.75) is 13.1 Å². The summed E-state index contributed by atoms with van der Waals surface area (Å²) >= 11 is 5.94. The van der Waals surface area contributed by atoms with Crippen LogP contribution in [0.15, 0.2) is 50.9 Å². The zero-order valence-electron chi connectivity index (χ0n) is 12.3. The van der Waals surface area contributed by atoms with Crippen LogP contribution in [0, 0.1) is 5.21 Å². The topological polar surface area (TPSA) is 102 Å². The van der Waals surface area contributed by atoms with Crippen molar-refractivity contribution in [2.75, 3.05) is 0 Å². The molecule has 1 unspecified atom stereocenters. The summed E-state index contributed by atoms with van der Waals surface area (Å²) in [4.78, 5) is 15.7. The molecule has 24 heavy (non-hydrogen) atoms. The summed E-state index contributed by atoms with van der Waals surface area (Å²) in [6.45, 7) is -0.317. The smallest absolute Gasteiger partial charge is 0.289 e. The molecule has 8 heteroatoms. The number of furan rings is 1. The van der Waals surface area contributed by atoms with Crippen molar-refractivity contribution in [3.05, 3.63) is 74.1 Å². The maximum Gasteiger partial charge on any atom is 0.289 e. The number of benzene rings is 1. The molecule has 7 nitrogen and oxygen atoms in total. The van der Waals surface area contributed by atoms with Crippen molar-refractivity contribution < 1.29 is 14.3 Å². The van der Waals surface area contributed by atoms with Gasteiger partial charge in [-0.25, -0.2) is 4.76 Å². The zero-order chi connectivity index (χ0) is 16.9. The summed E-state index contributed by atoms with van der Waals surface area (Å²) in [6.07, 6.45) is 1.45. The fraction of sp³-hybridized carbons (Fsp3) is 0.125. The van der Waals surface area contributed by atoms with Crippen molar-refractivity contribution in [3.8, 4) is 0 Å². The van der Waals surface area contributed by atoms with Gasteiger partial charge in [0.05, 0.1) is 17.3 Å². The number of aromatic nitrogens is 1. The minimum absolute atomic E-state index is 0.116. The van der Waals surface area contributed by atoms with Gasteiger partial charge in [0.1, 0.15) is 12.2 Å². The molecule has 0 bridgehead atoms. The monoisotopic (exact) mass is 345 g/mol. The van der Waals surface area contributed by atoms with Gasteiger partial charge in [-0.1, -0.05) is 11.6 Å². The lowest BCUT2D eigenvalue weighted by atomic mass is 10.1. The molecule has 0 fully saturated rings. The molecule has 122 valence electrons. The number of hydrogen-bond acceptors (Lipinski definition) is 4. The molecule has 1 aliphatic rings. The number of hydroxylamine groups is 2. The van der Waals surface area contributed by atoms with E-state index in [0.717, 1.165) is 0 Å². The van der Waals surface area contributed by atoms with Crippen molar-refractivity contribution in [3.63, 3.8) is 0 Å². The minimum Gasteiger partial charge on any atom is -0.604 e. The number of halogens is 1. The zero-order valence-corrected chi connectivity index (χ0v) is 13.1. The summed E-state index contributed by atoms with van der Waals surface area (Å²) in [5, 5.41) is 27.7. The predicted octanol–water partition coefficient (Wildman–Crippen LogP) is 3.02. The number of nitrogens with zero attached hydrogens (tertiary/aromatic N) is 2. The molecule has 0 saturated carbocycles. The first-order chi connectivity index (χ1) is 11.5. The van der Waals surface area contributed by atoms with Crippen LogP contribution in [0.4, 0.5) is 0 Å². The highest BCUT2D eigenvalue weighted by atomic mass is 35.5. The number of pyridine rings is 1. The number of nitrogens with one attached hydrogen (secondary N) is 1. The Bertz CT molecular complexity index is 1030. The van der Waals surface area contributed by atoms with Gasteiger partial charge >= 0.3 is 0 Å². The van der Waals surface area contributed by atoms with Gasteiger partial charge in [-0.05, 0) is 35.4 Å². The first-order valence-electron chi connectivity index (χ1n) is 7.20. The van der Waals surface area contributed by atoms with Gasteiger partial charge in [-0.15, -0.1) is 0 Å². The molecule has 1 aromatic carbocycles. The molecule has 0 spiro atoms. The van der Waals surface area contributed by atoms with Gasteiger partial charge in [0.2, 0.25) is 0 Å². The molecule has 0 radical (unpaired) electrons.